The lowest BCUT2D eigenvalue weighted by molar-refractivity contribution is -0.00119. The minimum atomic E-state index is -0.325. The minimum Gasteiger partial charge on any atom is -0.494 e. The third kappa shape index (κ3) is 3.43. The number of hydrogen-bond donors (Lipinski definition) is 0. The number of hydrogen-bond acceptors (Lipinski definition) is 7. The molecule has 5 rings (SSSR count). The first-order valence-electron chi connectivity index (χ1n) is 9.58. The van der Waals surface area contributed by atoms with Crippen LogP contribution in [-0.4, -0.2) is 31.7 Å². The van der Waals surface area contributed by atoms with Gasteiger partial charge in [0.25, 0.3) is 5.89 Å². The summed E-state index contributed by atoms with van der Waals surface area (Å²) < 4.78 is 31.8. The van der Waals surface area contributed by atoms with E-state index in [2.05, 4.69) is 20.5 Å². The molecule has 2 aromatic heterocycles. The van der Waals surface area contributed by atoms with Gasteiger partial charge in [0, 0.05) is 5.56 Å². The van der Waals surface area contributed by atoms with Gasteiger partial charge in [-0.2, -0.15) is 4.98 Å². The van der Waals surface area contributed by atoms with Crippen LogP contribution in [0.2, 0.25) is 0 Å². The molecular formula is C21H18FN5O3. The van der Waals surface area contributed by atoms with Crippen molar-refractivity contribution >= 4 is 0 Å². The SMILES string of the molecule is CCOc1ccc(C2Cn3nnc(-c4nc(-c5ccc(F)cc5)no4)c3CO2)cc1. The van der Waals surface area contributed by atoms with Gasteiger partial charge in [-0.05, 0) is 48.9 Å². The van der Waals surface area contributed by atoms with Gasteiger partial charge in [0.2, 0.25) is 5.82 Å². The average Bonchev–Trinajstić information content (AvgIpc) is 3.42. The van der Waals surface area contributed by atoms with Gasteiger partial charge >= 0.3 is 0 Å². The largest absolute Gasteiger partial charge is 0.494 e. The molecule has 3 heterocycles. The van der Waals surface area contributed by atoms with Crippen LogP contribution in [0.1, 0.15) is 24.3 Å². The molecule has 2 aromatic carbocycles. The zero-order chi connectivity index (χ0) is 20.5. The standard InChI is InChI=1S/C21H18FN5O3/c1-2-28-16-9-5-13(6-10-16)18-11-27-17(12-29-18)19(24-26-27)21-23-20(25-30-21)14-3-7-15(22)8-4-14/h3-10,18H,2,11-12H2,1H3. The minimum absolute atomic E-state index is 0.139. The molecule has 0 amide bonds. The molecule has 8 nitrogen and oxygen atoms in total. The summed E-state index contributed by atoms with van der Waals surface area (Å²) >= 11 is 0. The molecular weight excluding hydrogens is 389 g/mol. The van der Waals surface area contributed by atoms with Crippen molar-refractivity contribution in [2.45, 2.75) is 26.2 Å². The summed E-state index contributed by atoms with van der Waals surface area (Å²) in [6.07, 6.45) is -0.139. The van der Waals surface area contributed by atoms with Gasteiger partial charge in [0.05, 0.1) is 25.5 Å². The molecule has 0 spiro atoms. The lowest BCUT2D eigenvalue weighted by atomic mass is 10.1. The topological polar surface area (TPSA) is 88.1 Å². The van der Waals surface area contributed by atoms with Crippen molar-refractivity contribution < 1.29 is 18.4 Å². The Balaban J connectivity index is 1.36. The fraction of sp³-hybridized carbons (Fsp3) is 0.238. The zero-order valence-corrected chi connectivity index (χ0v) is 16.2. The van der Waals surface area contributed by atoms with E-state index in [0.29, 0.717) is 36.8 Å². The van der Waals surface area contributed by atoms with Crippen molar-refractivity contribution in [2.75, 3.05) is 6.61 Å². The van der Waals surface area contributed by atoms with Crippen LogP contribution in [0.4, 0.5) is 4.39 Å². The molecule has 1 atom stereocenters. The second kappa shape index (κ2) is 7.68. The normalized spacial score (nSPS) is 15.7. The van der Waals surface area contributed by atoms with E-state index in [-0.39, 0.29) is 17.8 Å². The molecule has 9 heteroatoms. The second-order valence-electron chi connectivity index (χ2n) is 6.80. The number of halogens is 1. The van der Waals surface area contributed by atoms with E-state index in [4.69, 9.17) is 14.0 Å². The predicted octanol–water partition coefficient (Wildman–Crippen LogP) is 3.80. The van der Waals surface area contributed by atoms with Crippen LogP contribution in [-0.2, 0) is 17.9 Å². The van der Waals surface area contributed by atoms with Crippen molar-refractivity contribution in [1.82, 2.24) is 25.1 Å². The summed E-state index contributed by atoms with van der Waals surface area (Å²) in [6, 6.07) is 13.7. The van der Waals surface area contributed by atoms with Gasteiger partial charge in [0.15, 0.2) is 5.69 Å². The highest BCUT2D eigenvalue weighted by Gasteiger charge is 2.28. The molecule has 1 aliphatic heterocycles. The highest BCUT2D eigenvalue weighted by atomic mass is 19.1. The molecule has 0 saturated carbocycles. The Morgan fingerprint density at radius 2 is 1.93 bits per heavy atom. The summed E-state index contributed by atoms with van der Waals surface area (Å²) in [5, 5.41) is 12.4. The Morgan fingerprint density at radius 3 is 2.70 bits per heavy atom. The van der Waals surface area contributed by atoms with E-state index in [1.807, 2.05) is 31.2 Å². The van der Waals surface area contributed by atoms with Crippen LogP contribution >= 0.6 is 0 Å². The fourth-order valence-electron chi connectivity index (χ4n) is 3.36. The van der Waals surface area contributed by atoms with Crippen LogP contribution in [0.25, 0.3) is 23.0 Å². The van der Waals surface area contributed by atoms with Gasteiger partial charge < -0.3 is 14.0 Å². The van der Waals surface area contributed by atoms with Gasteiger partial charge in [0.1, 0.15) is 17.7 Å². The Labute approximate surface area is 171 Å². The maximum absolute atomic E-state index is 13.1. The summed E-state index contributed by atoms with van der Waals surface area (Å²) in [4.78, 5) is 4.38. The quantitative estimate of drug-likeness (QED) is 0.497. The average molecular weight is 407 g/mol. The van der Waals surface area contributed by atoms with Crippen LogP contribution in [0.3, 0.4) is 0 Å². The van der Waals surface area contributed by atoms with Crippen LogP contribution in [0.15, 0.2) is 53.1 Å². The molecule has 4 aromatic rings. The Hall–Kier alpha value is -3.59. The molecule has 0 N–H and O–H groups in total. The Kier molecular flexibility index (Phi) is 4.72. The van der Waals surface area contributed by atoms with Gasteiger partial charge in [-0.15, -0.1) is 5.10 Å². The molecule has 30 heavy (non-hydrogen) atoms. The molecule has 0 fully saturated rings. The molecule has 1 unspecified atom stereocenters. The third-order valence-electron chi connectivity index (χ3n) is 4.89. The Morgan fingerprint density at radius 1 is 1.13 bits per heavy atom. The number of fused-ring (bicyclic) bond motifs is 1. The van der Waals surface area contributed by atoms with Crippen molar-refractivity contribution in [2.24, 2.45) is 0 Å². The van der Waals surface area contributed by atoms with Crippen molar-refractivity contribution in [3.8, 4) is 28.7 Å². The maximum atomic E-state index is 13.1. The molecule has 0 aliphatic carbocycles. The smallest absolute Gasteiger partial charge is 0.280 e. The van der Waals surface area contributed by atoms with Crippen molar-refractivity contribution in [3.05, 3.63) is 65.6 Å². The van der Waals surface area contributed by atoms with E-state index >= 15 is 0 Å². The number of aromatic nitrogens is 5. The van der Waals surface area contributed by atoms with Crippen LogP contribution in [0, 0.1) is 5.82 Å². The molecule has 152 valence electrons. The van der Waals surface area contributed by atoms with E-state index in [1.54, 1.807) is 16.8 Å². The second-order valence-corrected chi connectivity index (χ2v) is 6.80. The number of rotatable bonds is 5. The van der Waals surface area contributed by atoms with E-state index < -0.39 is 0 Å². The van der Waals surface area contributed by atoms with Crippen LogP contribution < -0.4 is 4.74 Å². The van der Waals surface area contributed by atoms with Crippen molar-refractivity contribution in [1.29, 1.82) is 0 Å². The van der Waals surface area contributed by atoms with E-state index in [9.17, 15) is 4.39 Å². The van der Waals surface area contributed by atoms with E-state index in [1.165, 1.54) is 12.1 Å². The molecule has 0 radical (unpaired) electrons. The molecule has 1 aliphatic rings. The zero-order valence-electron chi connectivity index (χ0n) is 16.2. The van der Waals surface area contributed by atoms with Crippen molar-refractivity contribution in [3.63, 3.8) is 0 Å². The number of nitrogens with zero attached hydrogens (tertiary/aromatic N) is 5. The monoisotopic (exact) mass is 407 g/mol. The summed E-state index contributed by atoms with van der Waals surface area (Å²) in [6.45, 7) is 3.42. The molecule has 0 bridgehead atoms. The first-order chi connectivity index (χ1) is 14.7. The van der Waals surface area contributed by atoms with E-state index in [0.717, 1.165) is 17.0 Å². The number of benzene rings is 2. The maximum Gasteiger partial charge on any atom is 0.280 e. The Bertz CT molecular complexity index is 1150. The first-order valence-corrected chi connectivity index (χ1v) is 9.58. The third-order valence-corrected chi connectivity index (χ3v) is 4.89. The lowest BCUT2D eigenvalue weighted by Gasteiger charge is -2.24. The highest BCUT2D eigenvalue weighted by Crippen LogP contribution is 2.31. The fourth-order valence-corrected chi connectivity index (χ4v) is 3.36. The lowest BCUT2D eigenvalue weighted by Crippen LogP contribution is -2.22. The first kappa shape index (κ1) is 18.4. The summed E-state index contributed by atoms with van der Waals surface area (Å²) in [5.41, 5.74) is 2.95. The summed E-state index contributed by atoms with van der Waals surface area (Å²) in [7, 11) is 0. The predicted molar refractivity (Wildman–Crippen MR) is 104 cm³/mol. The number of ether oxygens (including phenoxy) is 2. The highest BCUT2D eigenvalue weighted by molar-refractivity contribution is 5.58. The van der Waals surface area contributed by atoms with Gasteiger partial charge in [-0.1, -0.05) is 22.5 Å². The van der Waals surface area contributed by atoms with Crippen LogP contribution in [0.5, 0.6) is 5.75 Å². The molecule has 0 saturated heterocycles. The summed E-state index contributed by atoms with van der Waals surface area (Å²) in [5.74, 6) is 1.11. The van der Waals surface area contributed by atoms with Gasteiger partial charge in [-0.25, -0.2) is 9.07 Å². The van der Waals surface area contributed by atoms with Gasteiger partial charge in [-0.3, -0.25) is 0 Å².